The SMILES string of the molecule is O=C(c1ccc([N+](=O)[O-])cc1)N1CCCC1CCl. The number of likely N-dealkylation sites (tertiary alicyclic amines) is 1. The molecule has 0 spiro atoms. The zero-order valence-corrected chi connectivity index (χ0v) is 10.5. The summed E-state index contributed by atoms with van der Waals surface area (Å²) in [5.74, 6) is 0.326. The zero-order valence-electron chi connectivity index (χ0n) is 9.71. The Kier molecular flexibility index (Phi) is 3.81. The summed E-state index contributed by atoms with van der Waals surface area (Å²) in [7, 11) is 0. The first-order chi connectivity index (χ1) is 8.63. The Hall–Kier alpha value is -1.62. The van der Waals surface area contributed by atoms with Gasteiger partial charge in [0.25, 0.3) is 11.6 Å². The average Bonchev–Trinajstić information content (AvgIpc) is 2.86. The van der Waals surface area contributed by atoms with Crippen LogP contribution >= 0.6 is 11.6 Å². The van der Waals surface area contributed by atoms with Crippen LogP contribution in [-0.2, 0) is 0 Å². The first-order valence-electron chi connectivity index (χ1n) is 5.75. The summed E-state index contributed by atoms with van der Waals surface area (Å²) in [5.41, 5.74) is 0.458. The van der Waals surface area contributed by atoms with Crippen molar-refractivity contribution in [2.75, 3.05) is 12.4 Å². The number of nitro groups is 1. The first kappa shape index (κ1) is 12.8. The molecule has 96 valence electrons. The number of nitrogens with zero attached hydrogens (tertiary/aromatic N) is 2. The lowest BCUT2D eigenvalue weighted by molar-refractivity contribution is -0.384. The van der Waals surface area contributed by atoms with Gasteiger partial charge in [-0.05, 0) is 25.0 Å². The van der Waals surface area contributed by atoms with Crippen molar-refractivity contribution in [3.63, 3.8) is 0 Å². The lowest BCUT2D eigenvalue weighted by Crippen LogP contribution is -2.36. The average molecular weight is 269 g/mol. The van der Waals surface area contributed by atoms with Crippen LogP contribution in [0, 0.1) is 10.1 Å². The van der Waals surface area contributed by atoms with Gasteiger partial charge in [-0.15, -0.1) is 11.6 Å². The maximum Gasteiger partial charge on any atom is 0.269 e. The Bertz CT molecular complexity index is 461. The topological polar surface area (TPSA) is 63.4 Å². The Balaban J connectivity index is 2.16. The van der Waals surface area contributed by atoms with Crippen LogP contribution in [0.25, 0.3) is 0 Å². The molecule has 1 unspecified atom stereocenters. The molecule has 1 fully saturated rings. The van der Waals surface area contributed by atoms with E-state index >= 15 is 0 Å². The van der Waals surface area contributed by atoms with Gasteiger partial charge in [-0.1, -0.05) is 0 Å². The third-order valence-corrected chi connectivity index (χ3v) is 3.50. The Morgan fingerprint density at radius 3 is 2.67 bits per heavy atom. The van der Waals surface area contributed by atoms with E-state index in [1.165, 1.54) is 24.3 Å². The molecule has 1 aromatic rings. The Morgan fingerprint density at radius 2 is 2.11 bits per heavy atom. The summed E-state index contributed by atoms with van der Waals surface area (Å²) >= 11 is 5.82. The molecular weight excluding hydrogens is 256 g/mol. The van der Waals surface area contributed by atoms with Gasteiger partial charge in [0, 0.05) is 36.2 Å². The standard InChI is InChI=1S/C12H13ClN2O3/c13-8-11-2-1-7-14(11)12(16)9-3-5-10(6-4-9)15(17)18/h3-6,11H,1-2,7-8H2. The van der Waals surface area contributed by atoms with Crippen LogP contribution in [0.4, 0.5) is 5.69 Å². The summed E-state index contributed by atoms with van der Waals surface area (Å²) in [4.78, 5) is 24.0. The minimum absolute atomic E-state index is 0.0122. The van der Waals surface area contributed by atoms with Crippen molar-refractivity contribution in [2.24, 2.45) is 0 Å². The predicted octanol–water partition coefficient (Wildman–Crippen LogP) is 2.44. The number of benzene rings is 1. The third kappa shape index (κ3) is 2.46. The van der Waals surface area contributed by atoms with Crippen LogP contribution in [0.2, 0.25) is 0 Å². The number of rotatable bonds is 3. The molecule has 1 amide bonds. The maximum absolute atomic E-state index is 12.2. The van der Waals surface area contributed by atoms with Crippen LogP contribution in [0.5, 0.6) is 0 Å². The molecule has 1 heterocycles. The molecule has 0 radical (unpaired) electrons. The van der Waals surface area contributed by atoms with E-state index in [2.05, 4.69) is 0 Å². The summed E-state index contributed by atoms with van der Waals surface area (Å²) < 4.78 is 0. The van der Waals surface area contributed by atoms with Crippen LogP contribution in [0.1, 0.15) is 23.2 Å². The number of carbonyl (C=O) groups is 1. The molecule has 0 bridgehead atoms. The lowest BCUT2D eigenvalue weighted by Gasteiger charge is -2.22. The number of carbonyl (C=O) groups excluding carboxylic acids is 1. The van der Waals surface area contributed by atoms with Gasteiger partial charge in [0.1, 0.15) is 0 Å². The second kappa shape index (κ2) is 5.35. The van der Waals surface area contributed by atoms with E-state index in [1.807, 2.05) is 0 Å². The molecular formula is C12H13ClN2O3. The highest BCUT2D eigenvalue weighted by Gasteiger charge is 2.28. The molecule has 2 rings (SSSR count). The van der Waals surface area contributed by atoms with Crippen molar-refractivity contribution in [2.45, 2.75) is 18.9 Å². The van der Waals surface area contributed by atoms with E-state index in [-0.39, 0.29) is 17.6 Å². The van der Waals surface area contributed by atoms with E-state index in [1.54, 1.807) is 4.90 Å². The van der Waals surface area contributed by atoms with Gasteiger partial charge in [-0.25, -0.2) is 0 Å². The summed E-state index contributed by atoms with van der Waals surface area (Å²) in [6.07, 6.45) is 1.87. The Labute approximate surface area is 109 Å². The lowest BCUT2D eigenvalue weighted by atomic mass is 10.1. The molecule has 1 aromatic carbocycles. The van der Waals surface area contributed by atoms with Crippen LogP contribution < -0.4 is 0 Å². The molecule has 0 N–H and O–H groups in total. The maximum atomic E-state index is 12.2. The fraction of sp³-hybridized carbons (Fsp3) is 0.417. The van der Waals surface area contributed by atoms with E-state index in [4.69, 9.17) is 11.6 Å². The highest BCUT2D eigenvalue weighted by molar-refractivity contribution is 6.18. The molecule has 1 atom stereocenters. The van der Waals surface area contributed by atoms with Gasteiger partial charge < -0.3 is 4.90 Å². The largest absolute Gasteiger partial charge is 0.334 e. The third-order valence-electron chi connectivity index (χ3n) is 3.14. The van der Waals surface area contributed by atoms with Gasteiger partial charge >= 0.3 is 0 Å². The zero-order chi connectivity index (χ0) is 13.1. The van der Waals surface area contributed by atoms with E-state index < -0.39 is 4.92 Å². The first-order valence-corrected chi connectivity index (χ1v) is 6.28. The Morgan fingerprint density at radius 1 is 1.44 bits per heavy atom. The molecule has 1 saturated heterocycles. The fourth-order valence-electron chi connectivity index (χ4n) is 2.16. The van der Waals surface area contributed by atoms with Crippen molar-refractivity contribution in [1.29, 1.82) is 0 Å². The quantitative estimate of drug-likeness (QED) is 0.480. The summed E-state index contributed by atoms with van der Waals surface area (Å²) in [6, 6.07) is 5.75. The smallest absolute Gasteiger partial charge is 0.269 e. The van der Waals surface area contributed by atoms with E-state index in [0.29, 0.717) is 18.0 Å². The molecule has 6 heteroatoms. The van der Waals surface area contributed by atoms with Crippen molar-refractivity contribution >= 4 is 23.2 Å². The normalized spacial score (nSPS) is 18.9. The van der Waals surface area contributed by atoms with Crippen molar-refractivity contribution < 1.29 is 9.72 Å². The van der Waals surface area contributed by atoms with Gasteiger partial charge in [0.05, 0.1) is 4.92 Å². The summed E-state index contributed by atoms with van der Waals surface area (Å²) in [5, 5.41) is 10.5. The van der Waals surface area contributed by atoms with Crippen LogP contribution in [0.15, 0.2) is 24.3 Å². The number of hydrogen-bond acceptors (Lipinski definition) is 3. The fourth-order valence-corrected chi connectivity index (χ4v) is 2.48. The summed E-state index contributed by atoms with van der Waals surface area (Å²) in [6.45, 7) is 0.702. The van der Waals surface area contributed by atoms with Crippen LogP contribution in [-0.4, -0.2) is 34.2 Å². The van der Waals surface area contributed by atoms with Crippen LogP contribution in [0.3, 0.4) is 0 Å². The van der Waals surface area contributed by atoms with Crippen molar-refractivity contribution in [3.05, 3.63) is 39.9 Å². The second-order valence-corrected chi connectivity index (χ2v) is 4.56. The van der Waals surface area contributed by atoms with Crippen molar-refractivity contribution in [3.8, 4) is 0 Å². The predicted molar refractivity (Wildman–Crippen MR) is 67.9 cm³/mol. The highest BCUT2D eigenvalue weighted by Crippen LogP contribution is 2.22. The van der Waals surface area contributed by atoms with E-state index in [9.17, 15) is 14.9 Å². The molecule has 0 saturated carbocycles. The number of nitro benzene ring substituents is 1. The molecule has 5 nitrogen and oxygen atoms in total. The molecule has 0 aromatic heterocycles. The number of amides is 1. The van der Waals surface area contributed by atoms with E-state index in [0.717, 1.165) is 12.8 Å². The minimum atomic E-state index is -0.480. The van der Waals surface area contributed by atoms with Gasteiger partial charge in [0.15, 0.2) is 0 Å². The van der Waals surface area contributed by atoms with Gasteiger partial charge in [0.2, 0.25) is 0 Å². The van der Waals surface area contributed by atoms with Gasteiger partial charge in [-0.2, -0.15) is 0 Å². The number of non-ortho nitro benzene ring substituents is 1. The molecule has 1 aliphatic heterocycles. The molecule has 18 heavy (non-hydrogen) atoms. The molecule has 1 aliphatic rings. The number of hydrogen-bond donors (Lipinski definition) is 0. The highest BCUT2D eigenvalue weighted by atomic mass is 35.5. The monoisotopic (exact) mass is 268 g/mol. The van der Waals surface area contributed by atoms with Crippen molar-refractivity contribution in [1.82, 2.24) is 4.90 Å². The molecule has 0 aliphatic carbocycles. The van der Waals surface area contributed by atoms with Gasteiger partial charge in [-0.3, -0.25) is 14.9 Å². The number of alkyl halides is 1. The minimum Gasteiger partial charge on any atom is -0.334 e. The number of halogens is 1. The second-order valence-electron chi connectivity index (χ2n) is 4.25.